The Bertz CT molecular complexity index is 762. The van der Waals surface area contributed by atoms with Crippen molar-refractivity contribution in [3.05, 3.63) is 47.1 Å². The third-order valence-electron chi connectivity index (χ3n) is 4.41. The summed E-state index contributed by atoms with van der Waals surface area (Å²) in [6.45, 7) is 0.963. The Kier molecular flexibility index (Phi) is 6.66. The summed E-state index contributed by atoms with van der Waals surface area (Å²) in [4.78, 5) is 25.9. The highest BCUT2D eigenvalue weighted by molar-refractivity contribution is 7.15. The predicted molar refractivity (Wildman–Crippen MR) is 103 cm³/mol. The number of nitrogens with one attached hydrogen (secondary N) is 2. The molecule has 1 aliphatic carbocycles. The van der Waals surface area contributed by atoms with Crippen LogP contribution in [0, 0.1) is 0 Å². The fourth-order valence-electron chi connectivity index (χ4n) is 2.99. The van der Waals surface area contributed by atoms with Crippen LogP contribution in [0.5, 0.6) is 0 Å². The molecule has 0 bridgehead atoms. The van der Waals surface area contributed by atoms with Crippen molar-refractivity contribution in [2.45, 2.75) is 38.5 Å². The van der Waals surface area contributed by atoms with E-state index in [-0.39, 0.29) is 0 Å². The Hall–Kier alpha value is -2.34. The molecule has 0 radical (unpaired) electrons. The minimum atomic E-state index is -0.564. The molecule has 0 fully saturated rings. The molecule has 0 saturated heterocycles. The van der Waals surface area contributed by atoms with Crippen molar-refractivity contribution in [1.82, 2.24) is 10.6 Å². The smallest absolute Gasteiger partial charge is 0.309 e. The monoisotopic (exact) mass is 372 g/mol. The summed E-state index contributed by atoms with van der Waals surface area (Å²) in [5, 5.41) is 5.38. The minimum Gasteiger partial charge on any atom is -0.464 e. The maximum absolute atomic E-state index is 11.9. The highest BCUT2D eigenvalue weighted by Gasteiger charge is 2.13. The van der Waals surface area contributed by atoms with E-state index in [0.717, 1.165) is 34.8 Å². The van der Waals surface area contributed by atoms with Crippen LogP contribution in [-0.4, -0.2) is 24.9 Å². The lowest BCUT2D eigenvalue weighted by molar-refractivity contribution is -0.139. The zero-order valence-electron chi connectivity index (χ0n) is 14.8. The van der Waals surface area contributed by atoms with Crippen LogP contribution in [0.1, 0.15) is 37.0 Å². The highest BCUT2D eigenvalue weighted by Crippen LogP contribution is 2.28. The number of hydrogen-bond donors (Lipinski definition) is 2. The summed E-state index contributed by atoms with van der Waals surface area (Å²) in [7, 11) is 0. The number of amides is 2. The second-order valence-corrected chi connectivity index (χ2v) is 7.53. The quantitative estimate of drug-likeness (QED) is 0.575. The lowest BCUT2D eigenvalue weighted by atomic mass is 9.97. The van der Waals surface area contributed by atoms with Gasteiger partial charge >= 0.3 is 11.8 Å². The van der Waals surface area contributed by atoms with Gasteiger partial charge in [0.2, 0.25) is 0 Å². The van der Waals surface area contributed by atoms with Crippen molar-refractivity contribution in [2.24, 2.45) is 0 Å². The van der Waals surface area contributed by atoms with Crippen LogP contribution >= 0.6 is 11.3 Å². The molecule has 2 amide bonds. The number of furan rings is 1. The van der Waals surface area contributed by atoms with Crippen molar-refractivity contribution < 1.29 is 14.0 Å². The molecule has 138 valence electrons. The summed E-state index contributed by atoms with van der Waals surface area (Å²) in [5.74, 6) is -0.271. The molecule has 26 heavy (non-hydrogen) atoms. The Balaban J connectivity index is 1.34. The van der Waals surface area contributed by atoms with Crippen molar-refractivity contribution in [3.63, 3.8) is 0 Å². The zero-order valence-corrected chi connectivity index (χ0v) is 15.6. The van der Waals surface area contributed by atoms with E-state index in [0.29, 0.717) is 19.5 Å². The van der Waals surface area contributed by atoms with Crippen LogP contribution in [0.4, 0.5) is 0 Å². The average Bonchev–Trinajstić information content (AvgIpc) is 3.34. The first-order chi connectivity index (χ1) is 12.7. The maximum atomic E-state index is 11.9. The fraction of sp³-hybridized carbons (Fsp3) is 0.400. The molecule has 0 unspecified atom stereocenters. The number of carbonyl (C=O) groups is 2. The summed E-state index contributed by atoms with van der Waals surface area (Å²) < 4.78 is 5.37. The zero-order chi connectivity index (χ0) is 18.2. The van der Waals surface area contributed by atoms with E-state index in [9.17, 15) is 9.59 Å². The molecule has 2 aromatic heterocycles. The molecule has 0 aromatic carbocycles. The van der Waals surface area contributed by atoms with Crippen molar-refractivity contribution >= 4 is 23.2 Å². The largest absolute Gasteiger partial charge is 0.464 e. The molecule has 0 saturated carbocycles. The van der Waals surface area contributed by atoms with Gasteiger partial charge in [-0.1, -0.05) is 11.6 Å². The Morgan fingerprint density at radius 3 is 2.54 bits per heavy atom. The lowest BCUT2D eigenvalue weighted by Gasteiger charge is -2.12. The Morgan fingerprint density at radius 1 is 1.04 bits per heavy atom. The standard InChI is InChI=1S/C20H24N2O3S/c23-19(21-12-10-15-5-2-1-3-6-15)20(24)22-13-11-16-8-9-18(26-16)17-7-4-14-25-17/h4-5,7-9,14H,1-3,6,10-13H2,(H,21,23)(H,22,24). The van der Waals surface area contributed by atoms with Gasteiger partial charge in [0.1, 0.15) is 5.76 Å². The van der Waals surface area contributed by atoms with Gasteiger partial charge < -0.3 is 15.1 Å². The molecule has 6 heteroatoms. The van der Waals surface area contributed by atoms with Gasteiger partial charge in [-0.3, -0.25) is 9.59 Å². The Labute approximate surface area is 157 Å². The third-order valence-corrected chi connectivity index (χ3v) is 5.57. The normalized spacial score (nSPS) is 13.9. The number of rotatable bonds is 7. The predicted octanol–water partition coefficient (Wildman–Crippen LogP) is 3.67. The first kappa shape index (κ1) is 18.5. The fourth-order valence-corrected chi connectivity index (χ4v) is 3.97. The number of allylic oxidation sites excluding steroid dienone is 1. The highest BCUT2D eigenvalue weighted by atomic mass is 32.1. The van der Waals surface area contributed by atoms with Gasteiger partial charge in [-0.05, 0) is 62.8 Å². The molecular formula is C20H24N2O3S. The van der Waals surface area contributed by atoms with E-state index < -0.39 is 11.8 Å². The van der Waals surface area contributed by atoms with Gasteiger partial charge in [-0.15, -0.1) is 11.3 Å². The van der Waals surface area contributed by atoms with Crippen molar-refractivity contribution in [2.75, 3.05) is 13.1 Å². The molecule has 3 rings (SSSR count). The molecule has 2 N–H and O–H groups in total. The number of thiophene rings is 1. The van der Waals surface area contributed by atoms with Gasteiger partial charge in [-0.2, -0.15) is 0 Å². The van der Waals surface area contributed by atoms with E-state index in [4.69, 9.17) is 4.42 Å². The van der Waals surface area contributed by atoms with Gasteiger partial charge in [0.05, 0.1) is 11.1 Å². The SMILES string of the molecule is O=C(NCCC1=CCCCC1)C(=O)NCCc1ccc(-c2ccco2)s1. The summed E-state index contributed by atoms with van der Waals surface area (Å²) >= 11 is 1.63. The first-order valence-electron chi connectivity index (χ1n) is 9.09. The van der Waals surface area contributed by atoms with Crippen LogP contribution in [0.25, 0.3) is 10.6 Å². The van der Waals surface area contributed by atoms with Gasteiger partial charge in [0, 0.05) is 18.0 Å². The topological polar surface area (TPSA) is 71.3 Å². The lowest BCUT2D eigenvalue weighted by Crippen LogP contribution is -2.41. The van der Waals surface area contributed by atoms with E-state index in [1.165, 1.54) is 18.4 Å². The van der Waals surface area contributed by atoms with Crippen molar-refractivity contribution in [1.29, 1.82) is 0 Å². The van der Waals surface area contributed by atoms with Crippen LogP contribution in [-0.2, 0) is 16.0 Å². The van der Waals surface area contributed by atoms with Crippen LogP contribution < -0.4 is 10.6 Å². The number of hydrogen-bond acceptors (Lipinski definition) is 4. The molecule has 2 aromatic rings. The van der Waals surface area contributed by atoms with Gasteiger partial charge in [-0.25, -0.2) is 0 Å². The molecule has 0 atom stereocenters. The molecule has 1 aliphatic rings. The summed E-state index contributed by atoms with van der Waals surface area (Å²) in [5.41, 5.74) is 1.39. The van der Waals surface area contributed by atoms with E-state index in [2.05, 4.69) is 16.7 Å². The third kappa shape index (κ3) is 5.33. The minimum absolute atomic E-state index is 0.440. The molecule has 2 heterocycles. The second-order valence-electron chi connectivity index (χ2n) is 6.36. The molecular weight excluding hydrogens is 348 g/mol. The molecule has 0 aliphatic heterocycles. The maximum Gasteiger partial charge on any atom is 0.309 e. The second kappa shape index (κ2) is 9.38. The first-order valence-corrected chi connectivity index (χ1v) is 9.90. The number of carbonyl (C=O) groups excluding carboxylic acids is 2. The van der Waals surface area contributed by atoms with Crippen LogP contribution in [0.15, 0.2) is 46.6 Å². The molecule has 5 nitrogen and oxygen atoms in total. The average molecular weight is 372 g/mol. The van der Waals surface area contributed by atoms with E-state index in [1.807, 2.05) is 24.3 Å². The van der Waals surface area contributed by atoms with Crippen LogP contribution in [0.3, 0.4) is 0 Å². The van der Waals surface area contributed by atoms with Gasteiger partial charge in [0.25, 0.3) is 0 Å². The van der Waals surface area contributed by atoms with E-state index in [1.54, 1.807) is 17.6 Å². The summed E-state index contributed by atoms with van der Waals surface area (Å²) in [6, 6.07) is 7.81. The van der Waals surface area contributed by atoms with Gasteiger partial charge in [0.15, 0.2) is 0 Å². The molecule has 0 spiro atoms. The van der Waals surface area contributed by atoms with Crippen LogP contribution in [0.2, 0.25) is 0 Å². The summed E-state index contributed by atoms with van der Waals surface area (Å²) in [6.07, 6.45) is 10.2. The Morgan fingerprint density at radius 2 is 1.85 bits per heavy atom. The van der Waals surface area contributed by atoms with E-state index >= 15 is 0 Å². The van der Waals surface area contributed by atoms with Crippen molar-refractivity contribution in [3.8, 4) is 10.6 Å².